The minimum Gasteiger partial charge on any atom is -0.492 e. The van der Waals surface area contributed by atoms with Crippen molar-refractivity contribution in [3.8, 4) is 16.9 Å². The molecule has 8 heteroatoms. The lowest BCUT2D eigenvalue weighted by Crippen LogP contribution is -2.36. The Morgan fingerprint density at radius 3 is 2.69 bits per heavy atom. The molecule has 0 radical (unpaired) electrons. The zero-order chi connectivity index (χ0) is 20.8. The molecule has 1 saturated heterocycles. The van der Waals surface area contributed by atoms with Gasteiger partial charge in [0.1, 0.15) is 11.0 Å². The number of rotatable bonds is 8. The number of nitrogens with zero attached hydrogens (tertiary/aromatic N) is 2. The van der Waals surface area contributed by atoms with Crippen LogP contribution in [0, 0.1) is 5.82 Å². The van der Waals surface area contributed by atoms with Crippen LogP contribution in [0.4, 0.5) is 15.8 Å². The van der Waals surface area contributed by atoms with Crippen molar-refractivity contribution < 1.29 is 13.3 Å². The van der Waals surface area contributed by atoms with Gasteiger partial charge in [-0.1, -0.05) is 6.92 Å². The number of ether oxygens (including phenoxy) is 1. The van der Waals surface area contributed by atoms with E-state index in [4.69, 9.17) is 4.74 Å². The van der Waals surface area contributed by atoms with Crippen molar-refractivity contribution in [1.29, 1.82) is 0 Å². The number of piperidine rings is 1. The standard InChI is InChI=1S/C21H29FN4O2S/c1-4-9-29(27)25-20-12-15(11-19(22)21(20)28-3)16-10-18(14-23-13-16)24-17-5-7-26(2)8-6-17/h10-14,17,24-25H,4-9H2,1-3H3. The van der Waals surface area contributed by atoms with E-state index in [0.29, 0.717) is 23.0 Å². The molecule has 2 aromatic rings. The van der Waals surface area contributed by atoms with E-state index in [1.165, 1.54) is 13.2 Å². The van der Waals surface area contributed by atoms with Gasteiger partial charge in [-0.05, 0) is 63.2 Å². The zero-order valence-corrected chi connectivity index (χ0v) is 18.0. The summed E-state index contributed by atoms with van der Waals surface area (Å²) in [7, 11) is 2.24. The molecule has 1 unspecified atom stereocenters. The van der Waals surface area contributed by atoms with Gasteiger partial charge in [0.05, 0.1) is 18.5 Å². The molecule has 1 aliphatic heterocycles. The van der Waals surface area contributed by atoms with Crippen molar-refractivity contribution in [2.45, 2.75) is 32.2 Å². The maximum absolute atomic E-state index is 14.6. The van der Waals surface area contributed by atoms with E-state index >= 15 is 0 Å². The summed E-state index contributed by atoms with van der Waals surface area (Å²) in [5.41, 5.74) is 2.73. The van der Waals surface area contributed by atoms with Crippen LogP contribution >= 0.6 is 0 Å². The smallest absolute Gasteiger partial charge is 0.178 e. The highest BCUT2D eigenvalue weighted by atomic mass is 32.2. The summed E-state index contributed by atoms with van der Waals surface area (Å²) in [6.07, 6.45) is 6.41. The first-order valence-corrected chi connectivity index (χ1v) is 11.2. The molecule has 0 spiro atoms. The quantitative estimate of drug-likeness (QED) is 0.678. The van der Waals surface area contributed by atoms with E-state index in [0.717, 1.165) is 43.6 Å². The number of aromatic nitrogens is 1. The molecule has 0 amide bonds. The van der Waals surface area contributed by atoms with Crippen LogP contribution in [0.5, 0.6) is 5.75 Å². The van der Waals surface area contributed by atoms with Gasteiger partial charge in [0.15, 0.2) is 11.6 Å². The number of benzene rings is 1. The van der Waals surface area contributed by atoms with E-state index in [-0.39, 0.29) is 5.75 Å². The molecule has 158 valence electrons. The van der Waals surface area contributed by atoms with Crippen LogP contribution < -0.4 is 14.8 Å². The van der Waals surface area contributed by atoms with Gasteiger partial charge in [-0.3, -0.25) is 4.98 Å². The first-order chi connectivity index (χ1) is 14.0. The summed E-state index contributed by atoms with van der Waals surface area (Å²) >= 11 is 0. The minimum atomic E-state index is -1.30. The molecular formula is C21H29FN4O2S. The molecule has 0 aliphatic carbocycles. The second-order valence-corrected chi connectivity index (χ2v) is 8.68. The van der Waals surface area contributed by atoms with E-state index in [2.05, 4.69) is 27.0 Å². The Morgan fingerprint density at radius 2 is 2.00 bits per heavy atom. The second kappa shape index (κ2) is 10.0. The Hall–Kier alpha value is -2.19. The largest absolute Gasteiger partial charge is 0.492 e. The third-order valence-corrected chi connectivity index (χ3v) is 6.25. The summed E-state index contributed by atoms with van der Waals surface area (Å²) in [5, 5.41) is 3.54. The number of pyridine rings is 1. The van der Waals surface area contributed by atoms with Crippen LogP contribution in [0.15, 0.2) is 30.6 Å². The van der Waals surface area contributed by atoms with Crippen LogP contribution in [0.1, 0.15) is 26.2 Å². The second-order valence-electron chi connectivity index (χ2n) is 7.37. The number of halogens is 1. The Bertz CT molecular complexity index is 857. The summed E-state index contributed by atoms with van der Waals surface area (Å²) in [5.74, 6) is 0.0356. The van der Waals surface area contributed by atoms with E-state index in [1.807, 2.05) is 13.0 Å². The third-order valence-electron chi connectivity index (χ3n) is 5.02. The summed E-state index contributed by atoms with van der Waals surface area (Å²) in [6.45, 7) is 4.08. The fourth-order valence-electron chi connectivity index (χ4n) is 3.47. The minimum absolute atomic E-state index is 0.0618. The van der Waals surface area contributed by atoms with E-state index < -0.39 is 16.8 Å². The number of likely N-dealkylation sites (tertiary alicyclic amines) is 1. The maximum Gasteiger partial charge on any atom is 0.178 e. The predicted octanol–water partition coefficient (Wildman–Crippen LogP) is 3.89. The summed E-state index contributed by atoms with van der Waals surface area (Å²) < 4.78 is 34.8. The van der Waals surface area contributed by atoms with Crippen LogP contribution in [0.25, 0.3) is 11.1 Å². The fourth-order valence-corrected chi connectivity index (χ4v) is 4.34. The SMILES string of the molecule is CCCS(=O)Nc1cc(-c2cncc(NC3CCN(C)CC3)c2)cc(F)c1OC. The van der Waals surface area contributed by atoms with Crippen LogP contribution in [0.2, 0.25) is 0 Å². The first-order valence-electron chi connectivity index (χ1n) is 9.93. The lowest BCUT2D eigenvalue weighted by atomic mass is 10.0. The molecule has 0 saturated carbocycles. The van der Waals surface area contributed by atoms with Gasteiger partial charge >= 0.3 is 0 Å². The lowest BCUT2D eigenvalue weighted by Gasteiger charge is -2.30. The highest BCUT2D eigenvalue weighted by molar-refractivity contribution is 7.86. The first kappa shape index (κ1) is 21.5. The number of hydrogen-bond donors (Lipinski definition) is 2. The van der Waals surface area contributed by atoms with Gasteiger partial charge in [0.25, 0.3) is 0 Å². The van der Waals surface area contributed by atoms with Crippen molar-refractivity contribution >= 4 is 22.4 Å². The van der Waals surface area contributed by atoms with Gasteiger partial charge in [0, 0.05) is 29.8 Å². The molecule has 3 rings (SSSR count). The molecule has 1 aromatic heterocycles. The number of methoxy groups -OCH3 is 1. The molecule has 1 fully saturated rings. The molecule has 2 heterocycles. The monoisotopic (exact) mass is 420 g/mol. The van der Waals surface area contributed by atoms with Crippen molar-refractivity contribution in [3.05, 3.63) is 36.4 Å². The van der Waals surface area contributed by atoms with Crippen LogP contribution in [-0.2, 0) is 11.0 Å². The normalized spacial score (nSPS) is 16.4. The summed E-state index contributed by atoms with van der Waals surface area (Å²) in [6, 6.07) is 5.55. The summed E-state index contributed by atoms with van der Waals surface area (Å²) in [4.78, 5) is 6.65. The van der Waals surface area contributed by atoms with Gasteiger partial charge in [-0.2, -0.15) is 0 Å². The average Bonchev–Trinajstić information content (AvgIpc) is 2.70. The van der Waals surface area contributed by atoms with Gasteiger partial charge in [-0.25, -0.2) is 8.60 Å². The molecule has 1 atom stereocenters. The number of hydrogen-bond acceptors (Lipinski definition) is 5. The molecule has 1 aromatic carbocycles. The molecule has 6 nitrogen and oxygen atoms in total. The Kier molecular flexibility index (Phi) is 7.44. The number of nitrogens with one attached hydrogen (secondary N) is 2. The number of anilines is 2. The van der Waals surface area contributed by atoms with Crippen LogP contribution in [0.3, 0.4) is 0 Å². The third kappa shape index (κ3) is 5.67. The van der Waals surface area contributed by atoms with Crippen molar-refractivity contribution in [1.82, 2.24) is 9.88 Å². The molecular weight excluding hydrogens is 391 g/mol. The van der Waals surface area contributed by atoms with Crippen LogP contribution in [-0.4, -0.2) is 53.1 Å². The highest BCUT2D eigenvalue weighted by Crippen LogP contribution is 2.34. The fraction of sp³-hybridized carbons (Fsp3) is 0.476. The van der Waals surface area contributed by atoms with Gasteiger partial charge < -0.3 is 19.7 Å². The van der Waals surface area contributed by atoms with E-state index in [1.54, 1.807) is 18.5 Å². The van der Waals surface area contributed by atoms with Gasteiger partial charge in [0.2, 0.25) is 0 Å². The topological polar surface area (TPSA) is 66.5 Å². The lowest BCUT2D eigenvalue weighted by molar-refractivity contribution is 0.264. The Labute approximate surface area is 174 Å². The molecule has 0 bridgehead atoms. The Balaban J connectivity index is 1.84. The zero-order valence-electron chi connectivity index (χ0n) is 17.2. The van der Waals surface area contributed by atoms with Crippen molar-refractivity contribution in [3.63, 3.8) is 0 Å². The van der Waals surface area contributed by atoms with Gasteiger partial charge in [-0.15, -0.1) is 0 Å². The molecule has 1 aliphatic rings. The van der Waals surface area contributed by atoms with Crippen molar-refractivity contribution in [2.24, 2.45) is 0 Å². The van der Waals surface area contributed by atoms with Crippen molar-refractivity contribution in [2.75, 3.05) is 43.0 Å². The molecule has 2 N–H and O–H groups in total. The van der Waals surface area contributed by atoms with E-state index in [9.17, 15) is 8.60 Å². The molecule has 29 heavy (non-hydrogen) atoms. The highest BCUT2D eigenvalue weighted by Gasteiger charge is 2.18. The Morgan fingerprint density at radius 1 is 1.24 bits per heavy atom. The predicted molar refractivity (Wildman–Crippen MR) is 117 cm³/mol. The maximum atomic E-state index is 14.6. The average molecular weight is 421 g/mol.